The molecule has 0 fully saturated rings. The predicted octanol–water partition coefficient (Wildman–Crippen LogP) is 3.03. The van der Waals surface area contributed by atoms with Gasteiger partial charge in [0.05, 0.1) is 0 Å². The highest BCUT2D eigenvalue weighted by molar-refractivity contribution is 14.1. The number of rotatable bonds is 3. The van der Waals surface area contributed by atoms with Crippen LogP contribution in [0.15, 0.2) is 35.1 Å². The normalized spacial score (nSPS) is 12.7. The number of hydrogen-bond donors (Lipinski definition) is 1. The Morgan fingerprint density at radius 2 is 2.29 bits per heavy atom. The van der Waals surface area contributed by atoms with Crippen LogP contribution in [0.25, 0.3) is 0 Å². The number of nitrogens with two attached hydrogens (primary N) is 1. The number of nitrogens with zero attached hydrogens (tertiary/aromatic N) is 2. The van der Waals surface area contributed by atoms with E-state index in [0.29, 0.717) is 0 Å². The lowest BCUT2D eigenvalue weighted by Gasteiger charge is -2.14. The monoisotopic (exact) mass is 405 g/mol. The van der Waals surface area contributed by atoms with E-state index in [1.165, 1.54) is 3.57 Å². The summed E-state index contributed by atoms with van der Waals surface area (Å²) >= 11 is 5.84. The van der Waals surface area contributed by atoms with Gasteiger partial charge in [-0.25, -0.2) is 4.98 Å². The average molecular weight is 406 g/mol. The number of hydrogen-bond acceptors (Lipinski definition) is 2. The van der Waals surface area contributed by atoms with Gasteiger partial charge in [0.25, 0.3) is 0 Å². The van der Waals surface area contributed by atoms with Crippen LogP contribution in [-0.4, -0.2) is 9.55 Å². The number of benzene rings is 1. The van der Waals surface area contributed by atoms with Gasteiger partial charge in [0, 0.05) is 39.9 Å². The molecule has 0 bridgehead atoms. The third-order valence-corrected chi connectivity index (χ3v) is 4.07. The zero-order chi connectivity index (χ0) is 12.4. The van der Waals surface area contributed by atoms with Crippen molar-refractivity contribution in [3.8, 4) is 0 Å². The zero-order valence-corrected chi connectivity index (χ0v) is 13.1. The van der Waals surface area contributed by atoms with Crippen LogP contribution in [0.4, 0.5) is 0 Å². The second-order valence-corrected chi connectivity index (χ2v) is 6.03. The Morgan fingerprint density at radius 3 is 2.94 bits per heavy atom. The van der Waals surface area contributed by atoms with Crippen molar-refractivity contribution in [2.75, 3.05) is 0 Å². The van der Waals surface area contributed by atoms with Crippen LogP contribution in [-0.2, 0) is 13.5 Å². The molecule has 1 heterocycles. The minimum atomic E-state index is -0.0415. The van der Waals surface area contributed by atoms with Crippen LogP contribution in [0.2, 0.25) is 0 Å². The first-order chi connectivity index (χ1) is 8.08. The molecule has 0 spiro atoms. The van der Waals surface area contributed by atoms with Gasteiger partial charge in [-0.3, -0.25) is 0 Å². The fraction of sp³-hybridized carbons (Fsp3) is 0.250. The second-order valence-electron chi connectivity index (χ2n) is 3.93. The van der Waals surface area contributed by atoms with Crippen LogP contribution in [0.5, 0.6) is 0 Å². The van der Waals surface area contributed by atoms with E-state index in [-0.39, 0.29) is 6.04 Å². The van der Waals surface area contributed by atoms with Gasteiger partial charge in [-0.05, 0) is 46.4 Å². The van der Waals surface area contributed by atoms with Crippen LogP contribution in [0, 0.1) is 3.57 Å². The highest BCUT2D eigenvalue weighted by Crippen LogP contribution is 2.26. The molecule has 17 heavy (non-hydrogen) atoms. The molecule has 0 amide bonds. The molecule has 0 aliphatic heterocycles. The molecule has 0 aliphatic rings. The molecule has 3 nitrogen and oxygen atoms in total. The van der Waals surface area contributed by atoms with Crippen LogP contribution in [0.3, 0.4) is 0 Å². The number of imidazole rings is 1. The highest BCUT2D eigenvalue weighted by atomic mass is 127. The molecule has 0 aliphatic carbocycles. The molecule has 1 aromatic heterocycles. The maximum absolute atomic E-state index is 6.24. The third kappa shape index (κ3) is 3.08. The molecular weight excluding hydrogens is 393 g/mol. The largest absolute Gasteiger partial charge is 0.338 e. The quantitative estimate of drug-likeness (QED) is 0.797. The summed E-state index contributed by atoms with van der Waals surface area (Å²) in [6, 6.07) is 6.16. The summed E-state index contributed by atoms with van der Waals surface area (Å²) in [4.78, 5) is 4.30. The summed E-state index contributed by atoms with van der Waals surface area (Å²) in [5.41, 5.74) is 7.36. The van der Waals surface area contributed by atoms with Crippen molar-refractivity contribution in [1.29, 1.82) is 0 Å². The summed E-state index contributed by atoms with van der Waals surface area (Å²) < 4.78 is 4.25. The highest BCUT2D eigenvalue weighted by Gasteiger charge is 2.13. The lowest BCUT2D eigenvalue weighted by Crippen LogP contribution is -2.16. The Hall–Kier alpha value is -0.400. The molecule has 0 radical (unpaired) electrons. The summed E-state index contributed by atoms with van der Waals surface area (Å²) in [6.07, 6.45) is 4.47. The molecule has 1 unspecified atom stereocenters. The Balaban J connectivity index is 2.23. The number of aromatic nitrogens is 2. The Morgan fingerprint density at radius 1 is 1.53 bits per heavy atom. The fourth-order valence-corrected chi connectivity index (χ4v) is 2.75. The number of aryl methyl sites for hydroxylation is 1. The molecule has 0 saturated heterocycles. The maximum Gasteiger partial charge on any atom is 0.110 e. The zero-order valence-electron chi connectivity index (χ0n) is 9.40. The molecule has 2 rings (SSSR count). The number of halogens is 2. The summed E-state index contributed by atoms with van der Waals surface area (Å²) in [5, 5.41) is 0. The van der Waals surface area contributed by atoms with Crippen molar-refractivity contribution in [2.24, 2.45) is 12.8 Å². The topological polar surface area (TPSA) is 43.8 Å². The van der Waals surface area contributed by atoms with E-state index in [1.54, 1.807) is 6.20 Å². The van der Waals surface area contributed by atoms with E-state index in [4.69, 9.17) is 5.73 Å². The standard InChI is InChI=1S/C12H13BrIN3/c1-17-5-4-16-12(17)7-11(15)9-6-8(14)2-3-10(9)13/h2-6,11H,7,15H2,1H3. The molecular formula is C12H13BrIN3. The summed E-state index contributed by atoms with van der Waals surface area (Å²) in [7, 11) is 1.98. The summed E-state index contributed by atoms with van der Waals surface area (Å²) in [6.45, 7) is 0. The first-order valence-electron chi connectivity index (χ1n) is 5.24. The van der Waals surface area contributed by atoms with E-state index < -0.39 is 0 Å². The lowest BCUT2D eigenvalue weighted by atomic mass is 10.0. The van der Waals surface area contributed by atoms with Gasteiger partial charge in [-0.1, -0.05) is 15.9 Å². The van der Waals surface area contributed by atoms with Gasteiger partial charge in [0.2, 0.25) is 0 Å². The molecule has 90 valence electrons. The molecule has 5 heteroatoms. The van der Waals surface area contributed by atoms with Crippen molar-refractivity contribution in [2.45, 2.75) is 12.5 Å². The lowest BCUT2D eigenvalue weighted by molar-refractivity contribution is 0.657. The third-order valence-electron chi connectivity index (χ3n) is 2.68. The fourth-order valence-electron chi connectivity index (χ4n) is 1.70. The van der Waals surface area contributed by atoms with Gasteiger partial charge in [0.15, 0.2) is 0 Å². The predicted molar refractivity (Wildman–Crippen MR) is 80.7 cm³/mol. The summed E-state index contributed by atoms with van der Waals surface area (Å²) in [5.74, 6) is 1.00. The van der Waals surface area contributed by atoms with E-state index in [1.807, 2.05) is 23.9 Å². The average Bonchev–Trinajstić information content (AvgIpc) is 2.68. The van der Waals surface area contributed by atoms with E-state index in [2.05, 4.69) is 55.6 Å². The van der Waals surface area contributed by atoms with Gasteiger partial charge in [-0.2, -0.15) is 0 Å². The molecule has 1 aromatic carbocycles. The van der Waals surface area contributed by atoms with Crippen molar-refractivity contribution in [3.63, 3.8) is 0 Å². The van der Waals surface area contributed by atoms with Crippen molar-refractivity contribution < 1.29 is 0 Å². The van der Waals surface area contributed by atoms with E-state index in [0.717, 1.165) is 22.3 Å². The second kappa shape index (κ2) is 5.49. The first kappa shape index (κ1) is 13.0. The van der Waals surface area contributed by atoms with Gasteiger partial charge < -0.3 is 10.3 Å². The minimum absolute atomic E-state index is 0.0415. The van der Waals surface area contributed by atoms with Crippen LogP contribution < -0.4 is 5.73 Å². The van der Waals surface area contributed by atoms with Gasteiger partial charge in [-0.15, -0.1) is 0 Å². The van der Waals surface area contributed by atoms with Crippen molar-refractivity contribution in [1.82, 2.24) is 9.55 Å². The first-order valence-corrected chi connectivity index (χ1v) is 7.12. The van der Waals surface area contributed by atoms with E-state index in [9.17, 15) is 0 Å². The van der Waals surface area contributed by atoms with Gasteiger partial charge >= 0.3 is 0 Å². The van der Waals surface area contributed by atoms with Crippen LogP contribution in [0.1, 0.15) is 17.4 Å². The van der Waals surface area contributed by atoms with Crippen molar-refractivity contribution >= 4 is 38.5 Å². The smallest absolute Gasteiger partial charge is 0.110 e. The maximum atomic E-state index is 6.24. The SMILES string of the molecule is Cn1ccnc1CC(N)c1cc(I)ccc1Br. The molecule has 2 N–H and O–H groups in total. The Kier molecular flexibility index (Phi) is 4.22. The van der Waals surface area contributed by atoms with Gasteiger partial charge in [0.1, 0.15) is 5.82 Å². The Labute approximate surface area is 123 Å². The molecule has 2 aromatic rings. The van der Waals surface area contributed by atoms with E-state index >= 15 is 0 Å². The van der Waals surface area contributed by atoms with Crippen LogP contribution >= 0.6 is 38.5 Å². The molecule has 1 atom stereocenters. The Bertz CT molecular complexity index is 524. The minimum Gasteiger partial charge on any atom is -0.338 e. The molecule has 0 saturated carbocycles. The van der Waals surface area contributed by atoms with Crippen molar-refractivity contribution in [3.05, 3.63) is 50.0 Å².